The van der Waals surface area contributed by atoms with Crippen molar-refractivity contribution in [2.24, 2.45) is 0 Å². The molecule has 0 aliphatic carbocycles. The summed E-state index contributed by atoms with van der Waals surface area (Å²) in [7, 11) is 0. The molecule has 6 heteroatoms. The third-order valence-corrected chi connectivity index (χ3v) is 3.04. The highest BCUT2D eigenvalue weighted by Crippen LogP contribution is 2.36. The van der Waals surface area contributed by atoms with Crippen LogP contribution in [0.25, 0.3) is 22.6 Å². The Kier molecular flexibility index (Phi) is 2.83. The van der Waals surface area contributed by atoms with E-state index in [1.54, 1.807) is 6.07 Å². The predicted molar refractivity (Wildman–Crippen MR) is 74.9 cm³/mol. The van der Waals surface area contributed by atoms with Gasteiger partial charge < -0.3 is 10.3 Å². The normalized spacial score (nSPS) is 10.7. The van der Waals surface area contributed by atoms with Crippen molar-refractivity contribution in [1.29, 1.82) is 0 Å². The smallest absolute Gasteiger partial charge is 0.264 e. The predicted octanol–water partition coefficient (Wildman–Crippen LogP) is 1.98. The minimum absolute atomic E-state index is 0.279. The minimum atomic E-state index is -0.279. The summed E-state index contributed by atoms with van der Waals surface area (Å²) in [5.74, 6) is 0.732. The van der Waals surface area contributed by atoms with Gasteiger partial charge in [0.25, 0.3) is 5.56 Å². The second kappa shape index (κ2) is 4.65. The van der Waals surface area contributed by atoms with Crippen molar-refractivity contribution in [3.05, 3.63) is 52.3 Å². The van der Waals surface area contributed by atoms with Crippen molar-refractivity contribution in [1.82, 2.24) is 15.4 Å². The van der Waals surface area contributed by atoms with Gasteiger partial charge in [-0.15, -0.1) is 0 Å². The van der Waals surface area contributed by atoms with E-state index in [1.807, 2.05) is 31.2 Å². The van der Waals surface area contributed by atoms with Gasteiger partial charge in [0, 0.05) is 6.07 Å². The first-order valence-electron chi connectivity index (χ1n) is 6.04. The number of nitrogens with zero attached hydrogens (tertiary/aromatic N) is 2. The second-order valence-electron chi connectivity index (χ2n) is 4.39. The maximum atomic E-state index is 11.1. The molecule has 3 rings (SSSR count). The number of aryl methyl sites for hydroxylation is 1. The monoisotopic (exact) mass is 268 g/mol. The van der Waals surface area contributed by atoms with Crippen LogP contribution in [0.5, 0.6) is 0 Å². The lowest BCUT2D eigenvalue weighted by Gasteiger charge is -2.05. The molecule has 0 bridgehead atoms. The molecular formula is C14H12N4O2. The largest absolute Gasteiger partial charge is 0.380 e. The van der Waals surface area contributed by atoms with Crippen molar-refractivity contribution in [2.45, 2.75) is 6.92 Å². The van der Waals surface area contributed by atoms with E-state index in [1.165, 1.54) is 6.07 Å². The summed E-state index contributed by atoms with van der Waals surface area (Å²) >= 11 is 0. The highest BCUT2D eigenvalue weighted by molar-refractivity contribution is 5.86. The number of H-pyrrole nitrogens is 1. The van der Waals surface area contributed by atoms with E-state index in [-0.39, 0.29) is 5.56 Å². The number of aromatic nitrogens is 3. The molecule has 0 amide bonds. The number of hydrogen-bond acceptors (Lipinski definition) is 5. The third kappa shape index (κ3) is 1.97. The number of rotatable bonds is 2. The average Bonchev–Trinajstić information content (AvgIpc) is 2.82. The average molecular weight is 268 g/mol. The lowest BCUT2D eigenvalue weighted by molar-refractivity contribution is 0.434. The minimum Gasteiger partial charge on any atom is -0.380 e. The Bertz CT molecular complexity index is 800. The summed E-state index contributed by atoms with van der Waals surface area (Å²) in [6.45, 7) is 1.98. The molecule has 0 aliphatic rings. The molecule has 0 fully saturated rings. The van der Waals surface area contributed by atoms with Crippen LogP contribution in [-0.4, -0.2) is 15.4 Å². The van der Waals surface area contributed by atoms with Crippen LogP contribution in [0, 0.1) is 6.92 Å². The quantitative estimate of drug-likeness (QED) is 0.740. The Morgan fingerprint density at radius 2 is 2.00 bits per heavy atom. The molecule has 0 atom stereocenters. The molecule has 6 nitrogen and oxygen atoms in total. The van der Waals surface area contributed by atoms with Crippen LogP contribution in [-0.2, 0) is 0 Å². The van der Waals surface area contributed by atoms with E-state index in [2.05, 4.69) is 15.4 Å². The Balaban J connectivity index is 2.23. The van der Waals surface area contributed by atoms with Gasteiger partial charge in [0.05, 0.1) is 5.56 Å². The van der Waals surface area contributed by atoms with Crippen molar-refractivity contribution in [3.8, 4) is 22.6 Å². The van der Waals surface area contributed by atoms with Gasteiger partial charge in [0.2, 0.25) is 0 Å². The van der Waals surface area contributed by atoms with E-state index in [9.17, 15) is 4.79 Å². The SMILES string of the molecule is Cc1ccccc1-c1c(N)noc1-c1ccc(=O)[nH]n1. The summed E-state index contributed by atoms with van der Waals surface area (Å²) in [5.41, 5.74) is 8.76. The van der Waals surface area contributed by atoms with Crippen LogP contribution >= 0.6 is 0 Å². The summed E-state index contributed by atoms with van der Waals surface area (Å²) in [6, 6.07) is 10.7. The molecule has 1 aromatic carbocycles. The molecule has 0 radical (unpaired) electrons. The topological polar surface area (TPSA) is 97.8 Å². The fraction of sp³-hybridized carbons (Fsp3) is 0.0714. The fourth-order valence-corrected chi connectivity index (χ4v) is 2.06. The Morgan fingerprint density at radius 1 is 1.20 bits per heavy atom. The van der Waals surface area contributed by atoms with Gasteiger partial charge in [-0.3, -0.25) is 4.79 Å². The zero-order chi connectivity index (χ0) is 14.1. The van der Waals surface area contributed by atoms with E-state index < -0.39 is 0 Å². The molecule has 0 spiro atoms. The van der Waals surface area contributed by atoms with Gasteiger partial charge >= 0.3 is 0 Å². The molecule has 0 unspecified atom stereocenters. The van der Waals surface area contributed by atoms with E-state index in [0.29, 0.717) is 22.8 Å². The Hall–Kier alpha value is -2.89. The first-order valence-corrected chi connectivity index (χ1v) is 6.04. The Morgan fingerprint density at radius 3 is 2.70 bits per heavy atom. The lowest BCUT2D eigenvalue weighted by Crippen LogP contribution is -2.05. The molecule has 0 saturated carbocycles. The molecule has 100 valence electrons. The van der Waals surface area contributed by atoms with Crippen LogP contribution < -0.4 is 11.3 Å². The molecule has 20 heavy (non-hydrogen) atoms. The molecule has 0 saturated heterocycles. The van der Waals surface area contributed by atoms with Gasteiger partial charge in [-0.05, 0) is 24.1 Å². The zero-order valence-electron chi connectivity index (χ0n) is 10.8. The number of aromatic amines is 1. The first-order chi connectivity index (χ1) is 9.66. The van der Waals surface area contributed by atoms with Crippen molar-refractivity contribution in [3.63, 3.8) is 0 Å². The number of hydrogen-bond donors (Lipinski definition) is 2. The lowest BCUT2D eigenvalue weighted by atomic mass is 9.99. The number of nitrogens with one attached hydrogen (secondary N) is 1. The van der Waals surface area contributed by atoms with E-state index >= 15 is 0 Å². The van der Waals surface area contributed by atoms with Crippen molar-refractivity contribution < 1.29 is 4.52 Å². The van der Waals surface area contributed by atoms with Crippen LogP contribution in [0.2, 0.25) is 0 Å². The maximum absolute atomic E-state index is 11.1. The van der Waals surface area contributed by atoms with Crippen LogP contribution in [0.15, 0.2) is 45.7 Å². The van der Waals surface area contributed by atoms with Gasteiger partial charge in [0.1, 0.15) is 5.69 Å². The molecule has 3 N–H and O–H groups in total. The van der Waals surface area contributed by atoms with Crippen molar-refractivity contribution >= 4 is 5.82 Å². The van der Waals surface area contributed by atoms with Gasteiger partial charge in [-0.1, -0.05) is 29.4 Å². The van der Waals surface area contributed by atoms with Gasteiger partial charge in [0.15, 0.2) is 11.6 Å². The zero-order valence-corrected chi connectivity index (χ0v) is 10.8. The van der Waals surface area contributed by atoms with Crippen molar-refractivity contribution in [2.75, 3.05) is 5.73 Å². The number of anilines is 1. The molecule has 0 aliphatic heterocycles. The van der Waals surface area contributed by atoms with E-state index in [4.69, 9.17) is 10.3 Å². The standard InChI is InChI=1S/C14H12N4O2/c1-8-4-2-3-5-9(8)12-13(20-18-14(12)15)10-6-7-11(19)17-16-10/h2-7H,1H3,(H2,15,18)(H,17,19). The molecule has 2 aromatic heterocycles. The molecular weight excluding hydrogens is 256 g/mol. The second-order valence-corrected chi connectivity index (χ2v) is 4.39. The van der Waals surface area contributed by atoms with Gasteiger partial charge in [-0.2, -0.15) is 5.10 Å². The highest BCUT2D eigenvalue weighted by Gasteiger charge is 2.19. The Labute approximate surface area is 114 Å². The number of nitrogen functional groups attached to an aromatic ring is 1. The number of nitrogens with two attached hydrogens (primary N) is 1. The summed E-state index contributed by atoms with van der Waals surface area (Å²) < 4.78 is 5.27. The fourth-order valence-electron chi connectivity index (χ4n) is 2.06. The number of benzene rings is 1. The summed E-state index contributed by atoms with van der Waals surface area (Å²) in [6.07, 6.45) is 0. The van der Waals surface area contributed by atoms with Gasteiger partial charge in [-0.25, -0.2) is 5.10 Å². The molecule has 2 heterocycles. The summed E-state index contributed by atoms with van der Waals surface area (Å²) in [4.78, 5) is 11.1. The molecule has 3 aromatic rings. The van der Waals surface area contributed by atoms with Crippen LogP contribution in [0.4, 0.5) is 5.82 Å². The summed E-state index contributed by atoms with van der Waals surface area (Å²) in [5, 5.41) is 10.1. The third-order valence-electron chi connectivity index (χ3n) is 3.04. The first kappa shape index (κ1) is 12.2. The highest BCUT2D eigenvalue weighted by atomic mass is 16.5. The van der Waals surface area contributed by atoms with E-state index in [0.717, 1.165) is 11.1 Å². The van der Waals surface area contributed by atoms with Crippen LogP contribution in [0.1, 0.15) is 5.56 Å². The maximum Gasteiger partial charge on any atom is 0.264 e. The van der Waals surface area contributed by atoms with Crippen LogP contribution in [0.3, 0.4) is 0 Å².